The molecule has 1 aromatic heterocycles. The van der Waals surface area contributed by atoms with Crippen LogP contribution >= 0.6 is 11.8 Å². The largest absolute Gasteiger partial charge is 0.480 e. The standard InChI is InChI=1S/C10H15N3O4S/c1-5(2)7-8(13(16)17)9(12(4)11-7)18-6(3)10(14)15/h5-6H,1-4H3,(H,14,15). The number of hydrogen-bond acceptors (Lipinski definition) is 5. The molecule has 0 fully saturated rings. The number of aromatic nitrogens is 2. The fourth-order valence-electron chi connectivity index (χ4n) is 1.43. The third kappa shape index (κ3) is 2.81. The molecule has 1 aromatic rings. The molecule has 0 saturated heterocycles. The molecule has 0 spiro atoms. The first-order valence-electron chi connectivity index (χ1n) is 5.36. The van der Waals surface area contributed by atoms with Gasteiger partial charge in [0, 0.05) is 13.0 Å². The first-order valence-corrected chi connectivity index (χ1v) is 6.24. The summed E-state index contributed by atoms with van der Waals surface area (Å²) >= 11 is 0.931. The van der Waals surface area contributed by atoms with E-state index in [1.54, 1.807) is 7.05 Å². The highest BCUT2D eigenvalue weighted by Crippen LogP contribution is 2.37. The van der Waals surface area contributed by atoms with Crippen molar-refractivity contribution in [1.82, 2.24) is 9.78 Å². The van der Waals surface area contributed by atoms with Crippen molar-refractivity contribution in [1.29, 1.82) is 0 Å². The zero-order valence-electron chi connectivity index (χ0n) is 10.6. The first-order chi connectivity index (χ1) is 8.25. The number of carboxylic acid groups (broad SMARTS) is 1. The summed E-state index contributed by atoms with van der Waals surface area (Å²) in [5.41, 5.74) is 0.285. The molecule has 1 rings (SSSR count). The van der Waals surface area contributed by atoms with Crippen LogP contribution in [-0.2, 0) is 11.8 Å². The van der Waals surface area contributed by atoms with Crippen molar-refractivity contribution in [2.24, 2.45) is 7.05 Å². The van der Waals surface area contributed by atoms with E-state index >= 15 is 0 Å². The number of rotatable bonds is 5. The van der Waals surface area contributed by atoms with E-state index in [4.69, 9.17) is 5.11 Å². The molecule has 1 heterocycles. The molecule has 7 nitrogen and oxygen atoms in total. The molecule has 0 saturated carbocycles. The van der Waals surface area contributed by atoms with Gasteiger partial charge in [0.1, 0.15) is 10.9 Å². The molecule has 1 N–H and O–H groups in total. The summed E-state index contributed by atoms with van der Waals surface area (Å²) in [4.78, 5) is 21.4. The van der Waals surface area contributed by atoms with Gasteiger partial charge in [-0.15, -0.1) is 0 Å². The maximum absolute atomic E-state index is 11.1. The molecule has 8 heteroatoms. The average Bonchev–Trinajstić information content (AvgIpc) is 2.56. The van der Waals surface area contributed by atoms with Gasteiger partial charge in [-0.05, 0) is 6.92 Å². The molecular formula is C10H15N3O4S. The second-order valence-corrected chi connectivity index (χ2v) is 5.50. The number of nitro groups is 1. The molecule has 0 radical (unpaired) electrons. The maximum atomic E-state index is 11.1. The highest BCUT2D eigenvalue weighted by atomic mass is 32.2. The number of thioether (sulfide) groups is 1. The average molecular weight is 273 g/mol. The lowest BCUT2D eigenvalue weighted by atomic mass is 10.1. The Kier molecular flexibility index (Phi) is 4.33. The molecule has 1 unspecified atom stereocenters. The van der Waals surface area contributed by atoms with Gasteiger partial charge in [-0.3, -0.25) is 19.6 Å². The topological polar surface area (TPSA) is 98.3 Å². The van der Waals surface area contributed by atoms with E-state index in [1.165, 1.54) is 11.6 Å². The number of hydrogen-bond donors (Lipinski definition) is 1. The van der Waals surface area contributed by atoms with Crippen LogP contribution in [0.2, 0.25) is 0 Å². The first kappa shape index (κ1) is 14.5. The zero-order valence-corrected chi connectivity index (χ0v) is 11.4. The van der Waals surface area contributed by atoms with E-state index in [0.717, 1.165) is 11.8 Å². The summed E-state index contributed by atoms with van der Waals surface area (Å²) in [5.74, 6) is -1.10. The molecule has 100 valence electrons. The normalized spacial score (nSPS) is 12.7. The van der Waals surface area contributed by atoms with Crippen molar-refractivity contribution >= 4 is 23.4 Å². The Bertz CT molecular complexity index is 484. The lowest BCUT2D eigenvalue weighted by Gasteiger charge is -2.05. The number of aryl methyl sites for hydroxylation is 1. The Balaban J connectivity index is 3.26. The second kappa shape index (κ2) is 5.38. The maximum Gasteiger partial charge on any atom is 0.324 e. The van der Waals surface area contributed by atoms with Crippen LogP contribution in [-0.4, -0.2) is 31.0 Å². The summed E-state index contributed by atoms with van der Waals surface area (Å²) < 4.78 is 1.37. The Morgan fingerprint density at radius 2 is 2.06 bits per heavy atom. The molecule has 0 bridgehead atoms. The predicted molar refractivity (Wildman–Crippen MR) is 66.9 cm³/mol. The SMILES string of the molecule is CC(Sc1c([N+](=O)[O-])c(C(C)C)nn1C)C(=O)O. The number of carboxylic acids is 1. The van der Waals surface area contributed by atoms with Crippen molar-refractivity contribution < 1.29 is 14.8 Å². The number of nitrogens with zero attached hydrogens (tertiary/aromatic N) is 3. The molecule has 0 aliphatic carbocycles. The number of carbonyl (C=O) groups is 1. The van der Waals surface area contributed by atoms with Gasteiger partial charge in [0.15, 0.2) is 5.03 Å². The van der Waals surface area contributed by atoms with Crippen molar-refractivity contribution in [3.8, 4) is 0 Å². The van der Waals surface area contributed by atoms with Gasteiger partial charge >= 0.3 is 11.7 Å². The molecule has 18 heavy (non-hydrogen) atoms. The quantitative estimate of drug-likeness (QED) is 0.500. The summed E-state index contributed by atoms with van der Waals surface area (Å²) in [5, 5.41) is 23.6. The summed E-state index contributed by atoms with van der Waals surface area (Å²) in [6.07, 6.45) is 0. The Morgan fingerprint density at radius 3 is 2.44 bits per heavy atom. The monoisotopic (exact) mass is 273 g/mol. The van der Waals surface area contributed by atoms with Gasteiger partial charge in [-0.2, -0.15) is 5.10 Å². The molecule has 1 atom stereocenters. The van der Waals surface area contributed by atoms with Crippen LogP contribution in [0.5, 0.6) is 0 Å². The van der Waals surface area contributed by atoms with Crippen LogP contribution in [0.1, 0.15) is 32.4 Å². The minimum Gasteiger partial charge on any atom is -0.480 e. The highest BCUT2D eigenvalue weighted by molar-refractivity contribution is 8.00. The summed E-state index contributed by atoms with van der Waals surface area (Å²) in [6.45, 7) is 5.10. The number of aliphatic carboxylic acids is 1. The van der Waals surface area contributed by atoms with Crippen LogP contribution in [0, 0.1) is 10.1 Å². The van der Waals surface area contributed by atoms with Crippen LogP contribution in [0.4, 0.5) is 5.69 Å². The van der Waals surface area contributed by atoms with Crippen LogP contribution in [0.25, 0.3) is 0 Å². The minimum atomic E-state index is -1.01. The molecule has 0 aliphatic rings. The fourth-order valence-corrected chi connectivity index (χ4v) is 2.35. The van der Waals surface area contributed by atoms with Crippen molar-refractivity contribution in [2.45, 2.75) is 37.0 Å². The fraction of sp³-hybridized carbons (Fsp3) is 0.600. The van der Waals surface area contributed by atoms with Crippen LogP contribution in [0.15, 0.2) is 5.03 Å². The molecule has 0 amide bonds. The predicted octanol–water partition coefficient (Wildman–Crippen LogP) is 2.02. The Hall–Kier alpha value is -1.57. The van der Waals surface area contributed by atoms with Gasteiger partial charge in [-0.1, -0.05) is 25.6 Å². The zero-order chi connectivity index (χ0) is 14.0. The van der Waals surface area contributed by atoms with Gasteiger partial charge in [-0.25, -0.2) is 0 Å². The smallest absolute Gasteiger partial charge is 0.324 e. The van der Waals surface area contributed by atoms with Crippen LogP contribution in [0.3, 0.4) is 0 Å². The van der Waals surface area contributed by atoms with Crippen molar-refractivity contribution in [2.75, 3.05) is 0 Å². The van der Waals surface area contributed by atoms with Gasteiger partial charge in [0.2, 0.25) is 0 Å². The van der Waals surface area contributed by atoms with Gasteiger partial charge < -0.3 is 5.11 Å². The summed E-state index contributed by atoms with van der Waals surface area (Å²) in [6, 6.07) is 0. The molecular weight excluding hydrogens is 258 g/mol. The van der Waals surface area contributed by atoms with E-state index in [9.17, 15) is 14.9 Å². The Labute approximate surface area is 108 Å². The van der Waals surface area contributed by atoms with E-state index < -0.39 is 16.1 Å². The van der Waals surface area contributed by atoms with E-state index in [2.05, 4.69) is 5.10 Å². The molecule has 0 aliphatic heterocycles. The van der Waals surface area contributed by atoms with Gasteiger partial charge in [0.05, 0.1) is 4.92 Å². The van der Waals surface area contributed by atoms with E-state index in [0.29, 0.717) is 5.69 Å². The lowest BCUT2D eigenvalue weighted by Crippen LogP contribution is -2.12. The van der Waals surface area contributed by atoms with Crippen molar-refractivity contribution in [3.63, 3.8) is 0 Å². The van der Waals surface area contributed by atoms with Crippen molar-refractivity contribution in [3.05, 3.63) is 15.8 Å². The molecule has 0 aromatic carbocycles. The third-order valence-electron chi connectivity index (χ3n) is 2.36. The third-order valence-corrected chi connectivity index (χ3v) is 3.60. The second-order valence-electron chi connectivity index (χ2n) is 4.17. The van der Waals surface area contributed by atoms with E-state index in [-0.39, 0.29) is 16.6 Å². The minimum absolute atomic E-state index is 0.0916. The Morgan fingerprint density at radius 1 is 1.50 bits per heavy atom. The van der Waals surface area contributed by atoms with Crippen LogP contribution < -0.4 is 0 Å². The van der Waals surface area contributed by atoms with Gasteiger partial charge in [0.25, 0.3) is 0 Å². The van der Waals surface area contributed by atoms with E-state index in [1.807, 2.05) is 13.8 Å². The summed E-state index contributed by atoms with van der Waals surface area (Å²) in [7, 11) is 1.58. The lowest BCUT2D eigenvalue weighted by molar-refractivity contribution is -0.388. The highest BCUT2D eigenvalue weighted by Gasteiger charge is 2.30.